The maximum Gasteiger partial charge on any atom is 0.322 e. The Balaban J connectivity index is 1.60. The van der Waals surface area contributed by atoms with E-state index in [1.807, 2.05) is 61.5 Å². The molecule has 0 bridgehead atoms. The molecule has 0 fully saturated rings. The summed E-state index contributed by atoms with van der Waals surface area (Å²) in [7, 11) is 5.67. The van der Waals surface area contributed by atoms with E-state index in [0.29, 0.717) is 18.0 Å². The van der Waals surface area contributed by atoms with Crippen LogP contribution in [0.15, 0.2) is 91.1 Å². The van der Waals surface area contributed by atoms with Crippen LogP contribution in [0.5, 0.6) is 5.75 Å². The molecule has 2 amide bonds. The molecule has 1 aliphatic heterocycles. The molecule has 0 saturated heterocycles. The first kappa shape index (κ1) is 21.6. The minimum absolute atomic E-state index is 0.167. The number of anilines is 2. The maximum atomic E-state index is 13.8. The molecule has 4 aromatic rings. The van der Waals surface area contributed by atoms with Crippen LogP contribution in [0, 0.1) is 0 Å². The fourth-order valence-corrected chi connectivity index (χ4v) is 4.54. The highest BCUT2D eigenvalue weighted by atomic mass is 16.5. The van der Waals surface area contributed by atoms with Crippen LogP contribution in [0.1, 0.15) is 22.9 Å². The molecule has 0 unspecified atom stereocenters. The van der Waals surface area contributed by atoms with E-state index in [4.69, 9.17) is 4.74 Å². The van der Waals surface area contributed by atoms with Crippen molar-refractivity contribution in [3.8, 4) is 11.4 Å². The second-order valence-electron chi connectivity index (χ2n) is 8.61. The van der Waals surface area contributed by atoms with Crippen LogP contribution in [-0.4, -0.2) is 36.7 Å². The molecule has 1 aliphatic rings. The zero-order valence-corrected chi connectivity index (χ0v) is 19.6. The quantitative estimate of drug-likeness (QED) is 0.433. The van der Waals surface area contributed by atoms with Gasteiger partial charge >= 0.3 is 6.03 Å². The molecular weight excluding hydrogens is 424 g/mol. The summed E-state index contributed by atoms with van der Waals surface area (Å²) in [6.45, 7) is 0.480. The Labute approximate surface area is 200 Å². The van der Waals surface area contributed by atoms with Gasteiger partial charge in [-0.1, -0.05) is 36.4 Å². The van der Waals surface area contributed by atoms with Crippen LogP contribution in [0.4, 0.5) is 16.2 Å². The lowest BCUT2D eigenvalue weighted by atomic mass is 10.0. The highest BCUT2D eigenvalue weighted by Gasteiger charge is 2.33. The number of urea groups is 1. The summed E-state index contributed by atoms with van der Waals surface area (Å²) in [5.74, 6) is 0.698. The molecular formula is C28H28N4O2. The van der Waals surface area contributed by atoms with E-state index in [2.05, 4.69) is 63.4 Å². The van der Waals surface area contributed by atoms with Crippen molar-refractivity contribution in [1.29, 1.82) is 0 Å². The SMILES string of the molecule is COc1cccc(NC(=O)N2Cc3ccccc3-n3cccc3[C@H]2c2ccc(N(C)C)cc2)c1. The van der Waals surface area contributed by atoms with Crippen LogP contribution >= 0.6 is 0 Å². The van der Waals surface area contributed by atoms with E-state index >= 15 is 0 Å². The zero-order chi connectivity index (χ0) is 23.7. The minimum Gasteiger partial charge on any atom is -0.497 e. The number of rotatable bonds is 4. The first-order valence-corrected chi connectivity index (χ1v) is 11.3. The van der Waals surface area contributed by atoms with Crippen LogP contribution in [0.3, 0.4) is 0 Å². The lowest BCUT2D eigenvalue weighted by molar-refractivity contribution is 0.194. The van der Waals surface area contributed by atoms with Gasteiger partial charge in [-0.05, 0) is 53.6 Å². The minimum atomic E-state index is -0.260. The van der Waals surface area contributed by atoms with Crippen LogP contribution in [0.25, 0.3) is 5.69 Å². The second kappa shape index (κ2) is 8.98. The van der Waals surface area contributed by atoms with Crippen molar-refractivity contribution in [2.24, 2.45) is 0 Å². The number of carbonyl (C=O) groups is 1. The summed E-state index contributed by atoms with van der Waals surface area (Å²) >= 11 is 0. The van der Waals surface area contributed by atoms with Gasteiger partial charge in [0.1, 0.15) is 5.75 Å². The van der Waals surface area contributed by atoms with Gasteiger partial charge in [0.15, 0.2) is 0 Å². The molecule has 34 heavy (non-hydrogen) atoms. The molecule has 6 heteroatoms. The Bertz CT molecular complexity index is 1310. The fraction of sp³-hybridized carbons (Fsp3) is 0.179. The number of nitrogens with one attached hydrogen (secondary N) is 1. The monoisotopic (exact) mass is 452 g/mol. The van der Waals surface area contributed by atoms with Gasteiger partial charge in [0.2, 0.25) is 0 Å². The van der Waals surface area contributed by atoms with Crippen LogP contribution in [0.2, 0.25) is 0 Å². The van der Waals surface area contributed by atoms with Crippen molar-refractivity contribution < 1.29 is 9.53 Å². The smallest absolute Gasteiger partial charge is 0.322 e. The molecule has 1 atom stereocenters. The van der Waals surface area contributed by atoms with Gasteiger partial charge in [0, 0.05) is 43.4 Å². The van der Waals surface area contributed by atoms with E-state index in [9.17, 15) is 4.79 Å². The number of nitrogens with zero attached hydrogens (tertiary/aromatic N) is 3. The van der Waals surface area contributed by atoms with Crippen molar-refractivity contribution in [2.45, 2.75) is 12.6 Å². The topological polar surface area (TPSA) is 49.7 Å². The Hall–Kier alpha value is -4.19. The highest BCUT2D eigenvalue weighted by Crippen LogP contribution is 2.37. The Kier molecular flexibility index (Phi) is 5.72. The van der Waals surface area contributed by atoms with Gasteiger partial charge in [0.25, 0.3) is 0 Å². The molecule has 1 aromatic heterocycles. The number of hydrogen-bond acceptors (Lipinski definition) is 3. The summed E-state index contributed by atoms with van der Waals surface area (Å²) in [6, 6.07) is 27.8. The molecule has 0 saturated carbocycles. The number of hydrogen-bond donors (Lipinski definition) is 1. The summed E-state index contributed by atoms with van der Waals surface area (Å²) in [5.41, 5.74) is 6.09. The summed E-state index contributed by atoms with van der Waals surface area (Å²) in [5, 5.41) is 3.09. The number of methoxy groups -OCH3 is 1. The molecule has 0 spiro atoms. The first-order valence-electron chi connectivity index (χ1n) is 11.3. The highest BCUT2D eigenvalue weighted by molar-refractivity contribution is 5.90. The molecule has 2 heterocycles. The van der Waals surface area contributed by atoms with Gasteiger partial charge in [-0.25, -0.2) is 4.79 Å². The zero-order valence-electron chi connectivity index (χ0n) is 19.6. The number of fused-ring (bicyclic) bond motifs is 3. The molecule has 1 N–H and O–H groups in total. The lowest BCUT2D eigenvalue weighted by Crippen LogP contribution is -2.37. The van der Waals surface area contributed by atoms with Gasteiger partial charge < -0.3 is 24.4 Å². The molecule has 172 valence electrons. The van der Waals surface area contributed by atoms with Crippen LogP contribution in [-0.2, 0) is 6.54 Å². The third-order valence-corrected chi connectivity index (χ3v) is 6.27. The summed E-state index contributed by atoms with van der Waals surface area (Å²) in [6.07, 6.45) is 2.07. The maximum absolute atomic E-state index is 13.8. The first-order chi connectivity index (χ1) is 16.5. The van der Waals surface area contributed by atoms with E-state index in [-0.39, 0.29) is 12.1 Å². The summed E-state index contributed by atoms with van der Waals surface area (Å²) < 4.78 is 7.53. The number of aromatic nitrogens is 1. The number of amides is 2. The molecule has 5 rings (SSSR count). The fourth-order valence-electron chi connectivity index (χ4n) is 4.54. The van der Waals surface area contributed by atoms with Gasteiger partial charge in [-0.3, -0.25) is 0 Å². The predicted molar refractivity (Wildman–Crippen MR) is 136 cm³/mol. The third kappa shape index (κ3) is 3.99. The van der Waals surface area contributed by atoms with Crippen molar-refractivity contribution in [3.63, 3.8) is 0 Å². The van der Waals surface area contributed by atoms with E-state index in [0.717, 1.165) is 28.2 Å². The van der Waals surface area contributed by atoms with Gasteiger partial charge in [-0.2, -0.15) is 0 Å². The van der Waals surface area contributed by atoms with Gasteiger partial charge in [-0.15, -0.1) is 0 Å². The standard InChI is InChI=1S/C28H28N4O2/c1-30(2)23-15-13-20(14-16-23)27-26-12-7-17-31(26)25-11-5-4-8-21(25)19-32(27)28(33)29-22-9-6-10-24(18-22)34-3/h4-18,27H,19H2,1-3H3,(H,29,33)/t27-/m1/s1. The molecule has 0 radical (unpaired) electrons. The number of ether oxygens (including phenoxy) is 1. The molecule has 3 aromatic carbocycles. The molecule has 0 aliphatic carbocycles. The van der Waals surface area contributed by atoms with Crippen molar-refractivity contribution in [2.75, 3.05) is 31.4 Å². The normalized spacial score (nSPS) is 14.6. The second-order valence-corrected chi connectivity index (χ2v) is 8.61. The number of benzene rings is 3. The average Bonchev–Trinajstić information content (AvgIpc) is 3.28. The van der Waals surface area contributed by atoms with Crippen molar-refractivity contribution >= 4 is 17.4 Å². The van der Waals surface area contributed by atoms with Crippen molar-refractivity contribution in [3.05, 3.63) is 108 Å². The predicted octanol–water partition coefficient (Wildman–Crippen LogP) is 5.69. The third-order valence-electron chi connectivity index (χ3n) is 6.27. The number of carbonyl (C=O) groups excluding carboxylic acids is 1. The van der Waals surface area contributed by atoms with Crippen molar-refractivity contribution in [1.82, 2.24) is 9.47 Å². The average molecular weight is 453 g/mol. The van der Waals surface area contributed by atoms with E-state index < -0.39 is 0 Å². The lowest BCUT2D eigenvalue weighted by Gasteiger charge is -2.31. The Morgan fingerprint density at radius 2 is 1.76 bits per heavy atom. The Morgan fingerprint density at radius 1 is 0.971 bits per heavy atom. The van der Waals surface area contributed by atoms with E-state index in [1.54, 1.807) is 7.11 Å². The largest absolute Gasteiger partial charge is 0.497 e. The number of para-hydroxylation sites is 1. The van der Waals surface area contributed by atoms with E-state index in [1.165, 1.54) is 0 Å². The summed E-state index contributed by atoms with van der Waals surface area (Å²) in [4.78, 5) is 17.8. The molecule has 6 nitrogen and oxygen atoms in total. The van der Waals surface area contributed by atoms with Crippen LogP contribution < -0.4 is 15.0 Å². The Morgan fingerprint density at radius 3 is 2.53 bits per heavy atom. The van der Waals surface area contributed by atoms with Gasteiger partial charge in [0.05, 0.1) is 25.4 Å².